The summed E-state index contributed by atoms with van der Waals surface area (Å²) in [6.45, 7) is 8.32. The SMILES string of the molecule is Cc1oc(-c2ccccc2)nc1C(=O)O[C@H](C)C(=O)N[C@](C)(C#N)C(C)C. The van der Waals surface area contributed by atoms with Gasteiger partial charge in [-0.1, -0.05) is 32.0 Å². The third-order valence-electron chi connectivity index (χ3n) is 4.43. The maximum absolute atomic E-state index is 12.4. The first-order valence-electron chi connectivity index (χ1n) is 8.65. The molecule has 27 heavy (non-hydrogen) atoms. The van der Waals surface area contributed by atoms with Gasteiger partial charge in [-0.2, -0.15) is 5.26 Å². The third-order valence-corrected chi connectivity index (χ3v) is 4.43. The van der Waals surface area contributed by atoms with Gasteiger partial charge in [0.25, 0.3) is 5.91 Å². The largest absolute Gasteiger partial charge is 0.448 e. The molecule has 7 nitrogen and oxygen atoms in total. The minimum absolute atomic E-state index is 0.0143. The molecule has 1 amide bonds. The predicted molar refractivity (Wildman–Crippen MR) is 98.6 cm³/mol. The average Bonchev–Trinajstić information content (AvgIpc) is 3.03. The van der Waals surface area contributed by atoms with Gasteiger partial charge in [-0.3, -0.25) is 4.79 Å². The Balaban J connectivity index is 2.10. The second-order valence-corrected chi connectivity index (χ2v) is 6.80. The fraction of sp³-hybridized carbons (Fsp3) is 0.400. The number of oxazole rings is 1. The highest BCUT2D eigenvalue weighted by Crippen LogP contribution is 2.22. The molecular weight excluding hydrogens is 346 g/mol. The number of esters is 1. The summed E-state index contributed by atoms with van der Waals surface area (Å²) in [6, 6.07) is 11.2. The number of nitrogens with zero attached hydrogens (tertiary/aromatic N) is 2. The fourth-order valence-corrected chi connectivity index (χ4v) is 2.22. The lowest BCUT2D eigenvalue weighted by molar-refractivity contribution is -0.130. The first-order valence-corrected chi connectivity index (χ1v) is 8.65. The van der Waals surface area contributed by atoms with Crippen LogP contribution in [0.3, 0.4) is 0 Å². The van der Waals surface area contributed by atoms with Crippen LogP contribution in [0.4, 0.5) is 0 Å². The molecule has 2 atom stereocenters. The van der Waals surface area contributed by atoms with Crippen LogP contribution in [0.1, 0.15) is 43.9 Å². The van der Waals surface area contributed by atoms with Gasteiger partial charge in [-0.05, 0) is 38.8 Å². The minimum Gasteiger partial charge on any atom is -0.448 e. The molecule has 142 valence electrons. The van der Waals surface area contributed by atoms with Gasteiger partial charge in [-0.15, -0.1) is 0 Å². The molecule has 0 fully saturated rings. The van der Waals surface area contributed by atoms with Crippen LogP contribution in [0.25, 0.3) is 11.5 Å². The van der Waals surface area contributed by atoms with E-state index >= 15 is 0 Å². The summed E-state index contributed by atoms with van der Waals surface area (Å²) in [4.78, 5) is 28.9. The lowest BCUT2D eigenvalue weighted by Gasteiger charge is -2.28. The number of hydrogen-bond acceptors (Lipinski definition) is 6. The highest BCUT2D eigenvalue weighted by Gasteiger charge is 2.33. The van der Waals surface area contributed by atoms with Crippen LogP contribution >= 0.6 is 0 Å². The van der Waals surface area contributed by atoms with Crippen LogP contribution in [0.15, 0.2) is 34.7 Å². The molecule has 0 aliphatic rings. The Hall–Kier alpha value is -3.14. The normalized spacial score (nSPS) is 14.1. The van der Waals surface area contributed by atoms with Crippen molar-refractivity contribution in [2.24, 2.45) is 5.92 Å². The minimum atomic E-state index is -1.08. The first-order chi connectivity index (χ1) is 12.7. The van der Waals surface area contributed by atoms with Crippen LogP contribution in [0.2, 0.25) is 0 Å². The second kappa shape index (κ2) is 8.04. The number of nitriles is 1. The van der Waals surface area contributed by atoms with Crippen molar-refractivity contribution in [3.05, 3.63) is 41.8 Å². The molecule has 1 heterocycles. The molecule has 0 radical (unpaired) electrons. The average molecular weight is 369 g/mol. The molecule has 1 aromatic heterocycles. The quantitative estimate of drug-likeness (QED) is 0.784. The lowest BCUT2D eigenvalue weighted by Crippen LogP contribution is -2.52. The molecule has 1 N–H and O–H groups in total. The van der Waals surface area contributed by atoms with Crippen molar-refractivity contribution < 1.29 is 18.7 Å². The van der Waals surface area contributed by atoms with Gasteiger partial charge >= 0.3 is 5.97 Å². The first kappa shape index (κ1) is 20.2. The molecule has 2 rings (SSSR count). The molecule has 0 spiro atoms. The van der Waals surface area contributed by atoms with E-state index in [-0.39, 0.29) is 11.6 Å². The summed E-state index contributed by atoms with van der Waals surface area (Å²) >= 11 is 0. The molecule has 0 saturated heterocycles. The number of carbonyl (C=O) groups is 2. The maximum Gasteiger partial charge on any atom is 0.361 e. The van der Waals surface area contributed by atoms with Crippen molar-refractivity contribution >= 4 is 11.9 Å². The van der Waals surface area contributed by atoms with E-state index in [1.165, 1.54) is 6.92 Å². The van der Waals surface area contributed by atoms with Crippen LogP contribution in [-0.4, -0.2) is 28.5 Å². The van der Waals surface area contributed by atoms with Gasteiger partial charge < -0.3 is 14.5 Å². The van der Waals surface area contributed by atoms with E-state index in [0.29, 0.717) is 11.7 Å². The van der Waals surface area contributed by atoms with Crippen LogP contribution in [0.5, 0.6) is 0 Å². The van der Waals surface area contributed by atoms with Gasteiger partial charge in [0.1, 0.15) is 11.3 Å². The van der Waals surface area contributed by atoms with Gasteiger partial charge in [0.05, 0.1) is 6.07 Å². The van der Waals surface area contributed by atoms with E-state index < -0.39 is 23.5 Å². The number of aryl methyl sites for hydroxylation is 1. The summed E-state index contributed by atoms with van der Waals surface area (Å²) < 4.78 is 10.8. The van der Waals surface area contributed by atoms with Gasteiger partial charge in [0, 0.05) is 5.56 Å². The Morgan fingerprint density at radius 3 is 2.44 bits per heavy atom. The smallest absolute Gasteiger partial charge is 0.361 e. The van der Waals surface area contributed by atoms with Gasteiger partial charge in [0.15, 0.2) is 11.8 Å². The zero-order valence-corrected chi connectivity index (χ0v) is 16.1. The number of ether oxygens (including phenoxy) is 1. The molecule has 2 aromatic rings. The highest BCUT2D eigenvalue weighted by atomic mass is 16.5. The topological polar surface area (TPSA) is 105 Å². The summed E-state index contributed by atoms with van der Waals surface area (Å²) in [5, 5.41) is 11.9. The summed E-state index contributed by atoms with van der Waals surface area (Å²) in [5.41, 5.74) is -0.310. The fourth-order valence-electron chi connectivity index (χ4n) is 2.22. The Morgan fingerprint density at radius 2 is 1.89 bits per heavy atom. The van der Waals surface area contributed by atoms with Crippen molar-refractivity contribution in [1.29, 1.82) is 5.26 Å². The molecule has 0 bridgehead atoms. The lowest BCUT2D eigenvalue weighted by atomic mass is 9.90. The predicted octanol–water partition coefficient (Wildman–Crippen LogP) is 3.25. The van der Waals surface area contributed by atoms with Gasteiger partial charge in [-0.25, -0.2) is 9.78 Å². The summed E-state index contributed by atoms with van der Waals surface area (Å²) in [6.07, 6.45) is -1.08. The van der Waals surface area contributed by atoms with E-state index in [1.807, 2.05) is 44.2 Å². The number of hydrogen-bond donors (Lipinski definition) is 1. The van der Waals surface area contributed by atoms with Crippen LogP contribution < -0.4 is 5.32 Å². The Morgan fingerprint density at radius 1 is 1.26 bits per heavy atom. The highest BCUT2D eigenvalue weighted by molar-refractivity contribution is 5.92. The standard InChI is InChI=1S/C20H23N3O4/c1-12(2)20(5,11-21)23-17(24)14(4)27-19(25)16-13(3)26-18(22-16)15-9-7-6-8-10-15/h6-10,12,14H,1-5H3,(H,23,24)/t14-,20-/m1/s1. The monoisotopic (exact) mass is 369 g/mol. The van der Waals surface area contributed by atoms with E-state index in [4.69, 9.17) is 9.15 Å². The van der Waals surface area contributed by atoms with E-state index in [9.17, 15) is 14.9 Å². The molecule has 0 aliphatic heterocycles. The Bertz CT molecular complexity index is 867. The van der Waals surface area contributed by atoms with Crippen molar-refractivity contribution in [2.45, 2.75) is 46.3 Å². The zero-order valence-electron chi connectivity index (χ0n) is 16.1. The van der Waals surface area contributed by atoms with Crippen LogP contribution in [-0.2, 0) is 9.53 Å². The summed E-state index contributed by atoms with van der Waals surface area (Å²) in [7, 11) is 0. The maximum atomic E-state index is 12.4. The van der Waals surface area contributed by atoms with Gasteiger partial charge in [0.2, 0.25) is 5.89 Å². The summed E-state index contributed by atoms with van der Waals surface area (Å²) in [5.74, 6) is -0.820. The van der Waals surface area contributed by atoms with E-state index in [2.05, 4.69) is 16.4 Å². The number of benzene rings is 1. The third kappa shape index (κ3) is 4.53. The van der Waals surface area contributed by atoms with Crippen LogP contribution in [0, 0.1) is 24.2 Å². The van der Waals surface area contributed by atoms with Crippen molar-refractivity contribution in [3.63, 3.8) is 0 Å². The number of nitrogens with one attached hydrogen (secondary N) is 1. The molecule has 7 heteroatoms. The Kier molecular flexibility index (Phi) is 6.01. The van der Waals surface area contributed by atoms with Crippen molar-refractivity contribution in [2.75, 3.05) is 0 Å². The second-order valence-electron chi connectivity index (χ2n) is 6.80. The number of rotatable bonds is 6. The molecular formula is C20H23N3O4. The zero-order chi connectivity index (χ0) is 20.2. The molecule has 1 aromatic carbocycles. The molecule has 0 saturated carbocycles. The molecule has 0 unspecified atom stereocenters. The van der Waals surface area contributed by atoms with E-state index in [1.54, 1.807) is 13.8 Å². The Labute approximate surface area is 158 Å². The molecule has 0 aliphatic carbocycles. The van der Waals surface area contributed by atoms with Crippen molar-refractivity contribution in [1.82, 2.24) is 10.3 Å². The van der Waals surface area contributed by atoms with Crippen molar-refractivity contribution in [3.8, 4) is 17.5 Å². The number of amides is 1. The number of carbonyl (C=O) groups excluding carboxylic acids is 2. The number of aromatic nitrogens is 1. The van der Waals surface area contributed by atoms with E-state index in [0.717, 1.165) is 5.56 Å².